The standard InChI is InChI=1S/C16H17N3O6S/c1-18(16-11-5-2-3-6-12(11)26(23,24)17-16)9-15(22)25-10-14(21)19-8-4-7-13(19)20/h2-3,5-6H,4,7-10H2,1H3. The molecule has 0 N–H and O–H groups in total. The number of likely N-dealkylation sites (N-methyl/N-ethyl adjacent to an activating group) is 1. The summed E-state index contributed by atoms with van der Waals surface area (Å²) >= 11 is 0. The topological polar surface area (TPSA) is 113 Å². The van der Waals surface area contributed by atoms with Crippen LogP contribution in [0.15, 0.2) is 33.6 Å². The average Bonchev–Trinajstić information content (AvgIpc) is 3.14. The number of carbonyl (C=O) groups excluding carboxylic acids is 3. The molecule has 26 heavy (non-hydrogen) atoms. The second-order valence-corrected chi connectivity index (χ2v) is 7.52. The van der Waals surface area contributed by atoms with Gasteiger partial charge < -0.3 is 9.64 Å². The summed E-state index contributed by atoms with van der Waals surface area (Å²) < 4.78 is 32.7. The lowest BCUT2D eigenvalue weighted by Crippen LogP contribution is -2.37. The maximum atomic E-state index is 12.0. The van der Waals surface area contributed by atoms with Crippen molar-refractivity contribution < 1.29 is 27.5 Å². The lowest BCUT2D eigenvalue weighted by Gasteiger charge is -2.18. The van der Waals surface area contributed by atoms with Crippen molar-refractivity contribution in [1.82, 2.24) is 9.80 Å². The third-order valence-corrected chi connectivity index (χ3v) is 5.40. The van der Waals surface area contributed by atoms with Crippen LogP contribution in [0.2, 0.25) is 0 Å². The van der Waals surface area contributed by atoms with Crippen molar-refractivity contribution in [3.05, 3.63) is 29.8 Å². The smallest absolute Gasteiger partial charge is 0.326 e. The highest BCUT2D eigenvalue weighted by molar-refractivity contribution is 7.90. The molecular formula is C16H17N3O6S. The van der Waals surface area contributed by atoms with Crippen molar-refractivity contribution in [2.45, 2.75) is 17.7 Å². The van der Waals surface area contributed by atoms with Gasteiger partial charge in [-0.25, -0.2) is 0 Å². The molecule has 2 heterocycles. The van der Waals surface area contributed by atoms with Crippen LogP contribution < -0.4 is 0 Å². The number of likely N-dealkylation sites (tertiary alicyclic amines) is 1. The molecule has 1 aromatic rings. The Bertz CT molecular complexity index is 908. The van der Waals surface area contributed by atoms with E-state index in [9.17, 15) is 22.8 Å². The van der Waals surface area contributed by atoms with Gasteiger partial charge in [-0.1, -0.05) is 12.1 Å². The zero-order valence-electron chi connectivity index (χ0n) is 14.0. The zero-order chi connectivity index (χ0) is 18.9. The van der Waals surface area contributed by atoms with Gasteiger partial charge in [0.1, 0.15) is 11.4 Å². The summed E-state index contributed by atoms with van der Waals surface area (Å²) in [7, 11) is -2.28. The van der Waals surface area contributed by atoms with Gasteiger partial charge in [0.15, 0.2) is 12.4 Å². The second-order valence-electron chi connectivity index (χ2n) is 5.95. The minimum Gasteiger partial charge on any atom is -0.454 e. The van der Waals surface area contributed by atoms with E-state index >= 15 is 0 Å². The number of sulfonamides is 1. The van der Waals surface area contributed by atoms with Crippen LogP contribution in [0.4, 0.5) is 0 Å². The molecule has 2 amide bonds. The van der Waals surface area contributed by atoms with Gasteiger partial charge in [0.2, 0.25) is 5.91 Å². The normalized spacial score (nSPS) is 17.7. The summed E-state index contributed by atoms with van der Waals surface area (Å²) in [6, 6.07) is 6.31. The molecule has 10 heteroatoms. The Labute approximate surface area is 150 Å². The molecule has 0 radical (unpaired) electrons. The highest BCUT2D eigenvalue weighted by Gasteiger charge is 2.31. The van der Waals surface area contributed by atoms with Crippen molar-refractivity contribution in [2.24, 2.45) is 4.40 Å². The van der Waals surface area contributed by atoms with Crippen LogP contribution in [0.25, 0.3) is 0 Å². The molecule has 0 aromatic heterocycles. The first kappa shape index (κ1) is 18.1. The van der Waals surface area contributed by atoms with Crippen molar-refractivity contribution in [3.63, 3.8) is 0 Å². The largest absolute Gasteiger partial charge is 0.454 e. The fourth-order valence-corrected chi connectivity index (χ4v) is 4.06. The summed E-state index contributed by atoms with van der Waals surface area (Å²) in [5.41, 5.74) is 0.404. The van der Waals surface area contributed by atoms with Crippen LogP contribution in [0, 0.1) is 0 Å². The number of hydrogen-bond donors (Lipinski definition) is 0. The van der Waals surface area contributed by atoms with E-state index in [-0.39, 0.29) is 23.2 Å². The maximum absolute atomic E-state index is 12.0. The summed E-state index contributed by atoms with van der Waals surface area (Å²) in [4.78, 5) is 37.8. The number of benzene rings is 1. The van der Waals surface area contributed by atoms with E-state index in [0.29, 0.717) is 24.9 Å². The number of amides is 2. The molecule has 0 saturated carbocycles. The van der Waals surface area contributed by atoms with Gasteiger partial charge >= 0.3 is 5.97 Å². The van der Waals surface area contributed by atoms with Crippen LogP contribution in [0.5, 0.6) is 0 Å². The van der Waals surface area contributed by atoms with Crippen LogP contribution >= 0.6 is 0 Å². The molecule has 0 atom stereocenters. The van der Waals surface area contributed by atoms with E-state index < -0.39 is 28.5 Å². The average molecular weight is 379 g/mol. The van der Waals surface area contributed by atoms with E-state index in [0.717, 1.165) is 4.90 Å². The van der Waals surface area contributed by atoms with Gasteiger partial charge in [-0.05, 0) is 18.6 Å². The van der Waals surface area contributed by atoms with E-state index in [1.54, 1.807) is 18.2 Å². The van der Waals surface area contributed by atoms with Gasteiger partial charge in [0, 0.05) is 25.6 Å². The first-order valence-electron chi connectivity index (χ1n) is 7.94. The van der Waals surface area contributed by atoms with Crippen LogP contribution in [-0.4, -0.2) is 68.6 Å². The van der Waals surface area contributed by atoms with Gasteiger partial charge in [0.05, 0.1) is 0 Å². The van der Waals surface area contributed by atoms with Gasteiger partial charge in [-0.3, -0.25) is 19.3 Å². The number of nitrogens with zero attached hydrogens (tertiary/aromatic N) is 3. The molecule has 138 valence electrons. The Morgan fingerprint density at radius 2 is 2.04 bits per heavy atom. The fourth-order valence-electron chi connectivity index (χ4n) is 2.81. The number of rotatable bonds is 4. The number of amidine groups is 1. The lowest BCUT2D eigenvalue weighted by molar-refractivity contribution is -0.154. The Morgan fingerprint density at radius 3 is 2.73 bits per heavy atom. The SMILES string of the molecule is CN(CC(=O)OCC(=O)N1CCCC1=O)C1=NS(=O)(=O)c2ccccc21. The highest BCUT2D eigenvalue weighted by atomic mass is 32.2. The zero-order valence-corrected chi connectivity index (χ0v) is 14.9. The van der Waals surface area contributed by atoms with Crippen molar-refractivity contribution >= 4 is 33.6 Å². The van der Waals surface area contributed by atoms with E-state index in [2.05, 4.69) is 4.40 Å². The second kappa shape index (κ2) is 6.87. The molecular weight excluding hydrogens is 362 g/mol. The van der Waals surface area contributed by atoms with E-state index in [4.69, 9.17) is 4.74 Å². The minimum atomic E-state index is -3.78. The Kier molecular flexibility index (Phi) is 4.77. The first-order chi connectivity index (χ1) is 12.3. The Morgan fingerprint density at radius 1 is 1.31 bits per heavy atom. The number of esters is 1. The van der Waals surface area contributed by atoms with Crippen LogP contribution in [-0.2, 0) is 29.1 Å². The predicted octanol–water partition coefficient (Wildman–Crippen LogP) is -0.240. The van der Waals surface area contributed by atoms with Crippen LogP contribution in [0.1, 0.15) is 18.4 Å². The van der Waals surface area contributed by atoms with Gasteiger partial charge in [0.25, 0.3) is 15.9 Å². The number of imide groups is 1. The van der Waals surface area contributed by atoms with Crippen molar-refractivity contribution in [2.75, 3.05) is 26.7 Å². The highest BCUT2D eigenvalue weighted by Crippen LogP contribution is 2.26. The first-order valence-corrected chi connectivity index (χ1v) is 9.38. The summed E-state index contributed by atoms with van der Waals surface area (Å²) in [5.74, 6) is -1.42. The summed E-state index contributed by atoms with van der Waals surface area (Å²) in [5, 5.41) is 0. The minimum absolute atomic E-state index is 0.0814. The monoisotopic (exact) mass is 379 g/mol. The van der Waals surface area contributed by atoms with E-state index in [1.807, 2.05) is 0 Å². The molecule has 2 aliphatic heterocycles. The molecule has 1 fully saturated rings. The maximum Gasteiger partial charge on any atom is 0.326 e. The van der Waals surface area contributed by atoms with Crippen molar-refractivity contribution in [3.8, 4) is 0 Å². The Balaban J connectivity index is 1.60. The molecule has 3 rings (SSSR count). The molecule has 2 aliphatic rings. The third-order valence-electron chi connectivity index (χ3n) is 4.07. The number of fused-ring (bicyclic) bond motifs is 1. The van der Waals surface area contributed by atoms with Crippen molar-refractivity contribution in [1.29, 1.82) is 0 Å². The number of hydrogen-bond acceptors (Lipinski definition) is 7. The lowest BCUT2D eigenvalue weighted by atomic mass is 10.2. The molecule has 0 spiro atoms. The number of carbonyl (C=O) groups is 3. The summed E-state index contributed by atoms with van der Waals surface area (Å²) in [6.07, 6.45) is 0.922. The predicted molar refractivity (Wildman–Crippen MR) is 89.7 cm³/mol. The quantitative estimate of drug-likeness (QED) is 0.663. The third kappa shape index (κ3) is 3.45. The summed E-state index contributed by atoms with van der Waals surface area (Å²) in [6.45, 7) is -0.482. The van der Waals surface area contributed by atoms with Gasteiger partial charge in [-0.15, -0.1) is 4.40 Å². The van der Waals surface area contributed by atoms with Gasteiger partial charge in [-0.2, -0.15) is 8.42 Å². The number of ether oxygens (including phenoxy) is 1. The molecule has 1 saturated heterocycles. The molecule has 0 unspecified atom stereocenters. The van der Waals surface area contributed by atoms with E-state index in [1.165, 1.54) is 18.0 Å². The Hall–Kier alpha value is -2.75. The molecule has 0 aliphatic carbocycles. The fraction of sp³-hybridized carbons (Fsp3) is 0.375. The molecule has 9 nitrogen and oxygen atoms in total. The molecule has 0 bridgehead atoms. The molecule has 1 aromatic carbocycles. The van der Waals surface area contributed by atoms with Crippen LogP contribution in [0.3, 0.4) is 0 Å².